The first-order chi connectivity index (χ1) is 6.62. The summed E-state index contributed by atoms with van der Waals surface area (Å²) in [6.07, 6.45) is 2.41. The lowest BCUT2D eigenvalue weighted by Crippen LogP contribution is -2.64. The Labute approximate surface area is 86.4 Å². The van der Waals surface area contributed by atoms with Crippen molar-refractivity contribution < 1.29 is 0 Å². The van der Waals surface area contributed by atoms with Gasteiger partial charge in [0.15, 0.2) is 5.96 Å². The van der Waals surface area contributed by atoms with E-state index in [1.165, 1.54) is 6.42 Å². The molecule has 3 unspecified atom stereocenters. The zero-order chi connectivity index (χ0) is 10.3. The van der Waals surface area contributed by atoms with Crippen molar-refractivity contribution in [2.45, 2.75) is 39.2 Å². The van der Waals surface area contributed by atoms with Crippen molar-refractivity contribution in [2.24, 2.45) is 22.6 Å². The second-order valence-corrected chi connectivity index (χ2v) is 4.90. The Morgan fingerprint density at radius 3 is 2.79 bits per heavy atom. The van der Waals surface area contributed by atoms with Gasteiger partial charge in [-0.2, -0.15) is 0 Å². The first kappa shape index (κ1) is 9.81. The fourth-order valence-electron chi connectivity index (χ4n) is 3.03. The standard InChI is InChI=1S/C11H21N3/c1-4-5-14-10(12)13-7-11(14)6-8(2)9(11)3/h8-9H,4-7H2,1-3H3,(H2,12,13). The maximum absolute atomic E-state index is 5.93. The van der Waals surface area contributed by atoms with Crippen LogP contribution in [-0.4, -0.2) is 29.5 Å². The minimum atomic E-state index is 0.291. The summed E-state index contributed by atoms with van der Waals surface area (Å²) >= 11 is 0. The highest BCUT2D eigenvalue weighted by Crippen LogP contribution is 2.49. The molecule has 2 rings (SSSR count). The van der Waals surface area contributed by atoms with Crippen molar-refractivity contribution in [1.82, 2.24) is 4.90 Å². The second-order valence-electron chi connectivity index (χ2n) is 4.90. The van der Waals surface area contributed by atoms with Gasteiger partial charge in [0.1, 0.15) is 0 Å². The fourth-order valence-corrected chi connectivity index (χ4v) is 3.03. The topological polar surface area (TPSA) is 41.6 Å². The Kier molecular flexibility index (Phi) is 2.20. The summed E-state index contributed by atoms with van der Waals surface area (Å²) in [5.41, 5.74) is 6.22. The van der Waals surface area contributed by atoms with Gasteiger partial charge in [0.25, 0.3) is 0 Å². The molecule has 3 nitrogen and oxygen atoms in total. The molecular formula is C11H21N3. The first-order valence-corrected chi connectivity index (χ1v) is 5.69. The van der Waals surface area contributed by atoms with Gasteiger partial charge in [-0.05, 0) is 24.7 Å². The van der Waals surface area contributed by atoms with Crippen molar-refractivity contribution in [1.29, 1.82) is 0 Å². The molecule has 3 heteroatoms. The molecule has 0 bridgehead atoms. The van der Waals surface area contributed by atoms with Gasteiger partial charge in [-0.1, -0.05) is 20.8 Å². The van der Waals surface area contributed by atoms with Crippen LogP contribution in [0.25, 0.3) is 0 Å². The van der Waals surface area contributed by atoms with E-state index >= 15 is 0 Å². The molecule has 1 fully saturated rings. The van der Waals surface area contributed by atoms with Crippen molar-refractivity contribution in [3.05, 3.63) is 0 Å². The van der Waals surface area contributed by atoms with E-state index in [0.29, 0.717) is 5.54 Å². The fraction of sp³-hybridized carbons (Fsp3) is 0.909. The van der Waals surface area contributed by atoms with Gasteiger partial charge in [0, 0.05) is 6.54 Å². The molecule has 80 valence electrons. The highest BCUT2D eigenvalue weighted by atomic mass is 15.4. The van der Waals surface area contributed by atoms with Crippen LogP contribution in [0.1, 0.15) is 33.6 Å². The Morgan fingerprint density at radius 2 is 2.29 bits per heavy atom. The number of hydrogen-bond donors (Lipinski definition) is 1. The molecule has 1 aliphatic carbocycles. The normalized spacial score (nSPS) is 41.4. The molecule has 0 radical (unpaired) electrons. The average molecular weight is 195 g/mol. The van der Waals surface area contributed by atoms with E-state index in [0.717, 1.165) is 37.3 Å². The van der Waals surface area contributed by atoms with Crippen molar-refractivity contribution in [3.63, 3.8) is 0 Å². The van der Waals surface area contributed by atoms with E-state index in [9.17, 15) is 0 Å². The summed E-state index contributed by atoms with van der Waals surface area (Å²) in [6, 6.07) is 0. The summed E-state index contributed by atoms with van der Waals surface area (Å²) in [4.78, 5) is 6.76. The molecule has 0 aromatic carbocycles. The third kappa shape index (κ3) is 1.07. The van der Waals surface area contributed by atoms with Crippen LogP contribution in [0.5, 0.6) is 0 Å². The Balaban J connectivity index is 2.14. The number of nitrogens with zero attached hydrogens (tertiary/aromatic N) is 2. The van der Waals surface area contributed by atoms with Gasteiger partial charge in [-0.15, -0.1) is 0 Å². The zero-order valence-electron chi connectivity index (χ0n) is 9.45. The largest absolute Gasteiger partial charge is 0.370 e. The third-order valence-electron chi connectivity index (χ3n) is 4.15. The zero-order valence-corrected chi connectivity index (χ0v) is 9.45. The number of rotatable bonds is 2. The molecule has 1 heterocycles. The van der Waals surface area contributed by atoms with E-state index in [-0.39, 0.29) is 0 Å². The quantitative estimate of drug-likeness (QED) is 0.724. The van der Waals surface area contributed by atoms with Crippen LogP contribution < -0.4 is 5.73 Å². The average Bonchev–Trinajstić information content (AvgIpc) is 2.49. The Hall–Kier alpha value is -0.730. The maximum atomic E-state index is 5.93. The summed E-state index contributed by atoms with van der Waals surface area (Å²) in [7, 11) is 0. The van der Waals surface area contributed by atoms with Gasteiger partial charge < -0.3 is 10.6 Å². The minimum absolute atomic E-state index is 0.291. The van der Waals surface area contributed by atoms with Gasteiger partial charge in [0.05, 0.1) is 12.1 Å². The number of aliphatic imine (C=N–C) groups is 1. The number of nitrogens with two attached hydrogens (primary N) is 1. The SMILES string of the molecule is CCCN1C(N)=NCC12CC(C)C2C. The molecule has 14 heavy (non-hydrogen) atoms. The van der Waals surface area contributed by atoms with E-state index in [4.69, 9.17) is 5.73 Å². The predicted octanol–water partition coefficient (Wildman–Crippen LogP) is 1.44. The van der Waals surface area contributed by atoms with E-state index in [1.54, 1.807) is 0 Å². The van der Waals surface area contributed by atoms with Crippen molar-refractivity contribution in [3.8, 4) is 0 Å². The molecule has 3 atom stereocenters. The molecule has 2 aliphatic rings. The van der Waals surface area contributed by atoms with Crippen LogP contribution in [0.4, 0.5) is 0 Å². The predicted molar refractivity (Wildman–Crippen MR) is 59.2 cm³/mol. The second kappa shape index (κ2) is 3.14. The molecule has 1 aliphatic heterocycles. The third-order valence-corrected chi connectivity index (χ3v) is 4.15. The molecule has 0 amide bonds. The highest BCUT2D eigenvalue weighted by molar-refractivity contribution is 5.81. The van der Waals surface area contributed by atoms with Crippen molar-refractivity contribution >= 4 is 5.96 Å². The maximum Gasteiger partial charge on any atom is 0.191 e. The van der Waals surface area contributed by atoms with E-state index in [2.05, 4.69) is 30.7 Å². The van der Waals surface area contributed by atoms with Crippen LogP contribution in [0.15, 0.2) is 4.99 Å². The van der Waals surface area contributed by atoms with Gasteiger partial charge in [-0.25, -0.2) is 0 Å². The number of hydrogen-bond acceptors (Lipinski definition) is 3. The minimum Gasteiger partial charge on any atom is -0.370 e. The van der Waals surface area contributed by atoms with Crippen LogP contribution in [0, 0.1) is 11.8 Å². The van der Waals surface area contributed by atoms with E-state index < -0.39 is 0 Å². The number of guanidine groups is 1. The van der Waals surface area contributed by atoms with Gasteiger partial charge in [0.2, 0.25) is 0 Å². The summed E-state index contributed by atoms with van der Waals surface area (Å²) in [6.45, 7) is 8.85. The van der Waals surface area contributed by atoms with Gasteiger partial charge in [-0.3, -0.25) is 4.99 Å². The van der Waals surface area contributed by atoms with Crippen LogP contribution in [0.3, 0.4) is 0 Å². The summed E-state index contributed by atoms with van der Waals surface area (Å²) < 4.78 is 0. The lowest BCUT2D eigenvalue weighted by Gasteiger charge is -2.55. The molecule has 1 spiro atoms. The van der Waals surface area contributed by atoms with Crippen LogP contribution >= 0.6 is 0 Å². The first-order valence-electron chi connectivity index (χ1n) is 5.69. The lowest BCUT2D eigenvalue weighted by molar-refractivity contribution is -0.0215. The van der Waals surface area contributed by atoms with Crippen molar-refractivity contribution in [2.75, 3.05) is 13.1 Å². The molecule has 2 N–H and O–H groups in total. The van der Waals surface area contributed by atoms with Crippen LogP contribution in [0.2, 0.25) is 0 Å². The smallest absolute Gasteiger partial charge is 0.191 e. The van der Waals surface area contributed by atoms with Gasteiger partial charge >= 0.3 is 0 Å². The summed E-state index contributed by atoms with van der Waals surface area (Å²) in [5, 5.41) is 0. The lowest BCUT2D eigenvalue weighted by atomic mass is 9.60. The van der Waals surface area contributed by atoms with Crippen LogP contribution in [-0.2, 0) is 0 Å². The molecule has 1 saturated carbocycles. The molecular weight excluding hydrogens is 174 g/mol. The Morgan fingerprint density at radius 1 is 1.57 bits per heavy atom. The monoisotopic (exact) mass is 195 g/mol. The molecule has 0 aromatic rings. The van der Waals surface area contributed by atoms with E-state index in [1.807, 2.05) is 0 Å². The Bertz CT molecular complexity index is 261. The highest BCUT2D eigenvalue weighted by Gasteiger charge is 2.55. The summed E-state index contributed by atoms with van der Waals surface area (Å²) in [5.74, 6) is 2.33. The molecule has 0 saturated heterocycles. The molecule has 0 aromatic heterocycles.